The third-order valence-electron chi connectivity index (χ3n) is 2.21. The van der Waals surface area contributed by atoms with Crippen molar-refractivity contribution in [2.75, 3.05) is 0 Å². The first-order valence-corrected chi connectivity index (χ1v) is 4.59. The molecule has 0 saturated heterocycles. The van der Waals surface area contributed by atoms with Crippen LogP contribution < -0.4 is 0 Å². The Hall–Kier alpha value is -1.52. The molecular formula is C11H11F3O2. The van der Waals surface area contributed by atoms with Crippen LogP contribution >= 0.6 is 0 Å². The first-order valence-electron chi connectivity index (χ1n) is 4.59. The van der Waals surface area contributed by atoms with Crippen molar-refractivity contribution in [3.63, 3.8) is 0 Å². The van der Waals surface area contributed by atoms with Crippen molar-refractivity contribution in [2.45, 2.75) is 25.6 Å². The zero-order valence-corrected chi connectivity index (χ0v) is 8.84. The lowest BCUT2D eigenvalue weighted by Crippen LogP contribution is -2.43. The van der Waals surface area contributed by atoms with E-state index in [4.69, 9.17) is 0 Å². The second-order valence-electron chi connectivity index (χ2n) is 3.49. The fraction of sp³-hybridized carbons (Fsp3) is 0.364. The zero-order valence-electron chi connectivity index (χ0n) is 8.84. The summed E-state index contributed by atoms with van der Waals surface area (Å²) < 4.78 is 43.0. The van der Waals surface area contributed by atoms with E-state index in [1.165, 1.54) is 24.3 Å². The molecule has 0 aliphatic rings. The Morgan fingerprint density at radius 3 is 2.06 bits per heavy atom. The number of carbonyl (C=O) groups excluding carboxylic acids is 1. The smallest absolute Gasteiger partial charge is 0.432 e. The average molecular weight is 232 g/mol. The molecule has 0 radical (unpaired) electrons. The molecule has 1 rings (SSSR count). The molecule has 16 heavy (non-hydrogen) atoms. The Kier molecular flexibility index (Phi) is 3.26. The standard InChI is InChI=1S/C11H11F3O2/c1-8(15)16-10(2,11(12,13)14)9-6-4-3-5-7-9/h3-7H,1-2H3. The van der Waals surface area contributed by atoms with Crippen LogP contribution in [0.5, 0.6) is 0 Å². The summed E-state index contributed by atoms with van der Waals surface area (Å²) in [4.78, 5) is 10.8. The summed E-state index contributed by atoms with van der Waals surface area (Å²) in [5.74, 6) is -0.969. The van der Waals surface area contributed by atoms with E-state index in [1.54, 1.807) is 6.07 Å². The lowest BCUT2D eigenvalue weighted by Gasteiger charge is -2.31. The van der Waals surface area contributed by atoms with E-state index in [2.05, 4.69) is 4.74 Å². The number of alkyl halides is 3. The van der Waals surface area contributed by atoms with Crippen LogP contribution in [0.25, 0.3) is 0 Å². The first-order chi connectivity index (χ1) is 7.27. The predicted molar refractivity (Wildman–Crippen MR) is 51.6 cm³/mol. The summed E-state index contributed by atoms with van der Waals surface area (Å²) in [6.07, 6.45) is -4.65. The highest BCUT2D eigenvalue weighted by atomic mass is 19.4. The minimum Gasteiger partial charge on any atom is -0.445 e. The quantitative estimate of drug-likeness (QED) is 0.732. The van der Waals surface area contributed by atoms with E-state index in [1.807, 2.05) is 0 Å². The van der Waals surface area contributed by atoms with Gasteiger partial charge in [-0.25, -0.2) is 0 Å². The molecule has 0 amide bonds. The number of ether oxygens (including phenoxy) is 1. The van der Waals surface area contributed by atoms with Gasteiger partial charge in [-0.1, -0.05) is 30.3 Å². The van der Waals surface area contributed by atoms with Crippen LogP contribution in [0.4, 0.5) is 13.2 Å². The molecule has 0 saturated carbocycles. The molecule has 0 aliphatic heterocycles. The predicted octanol–water partition coefficient (Wildman–Crippen LogP) is 3.03. The maximum absolute atomic E-state index is 12.9. The lowest BCUT2D eigenvalue weighted by atomic mass is 9.95. The lowest BCUT2D eigenvalue weighted by molar-refractivity contribution is -0.268. The number of halogens is 3. The number of benzene rings is 1. The Balaban J connectivity index is 3.21. The number of rotatable bonds is 2. The van der Waals surface area contributed by atoms with Crippen molar-refractivity contribution in [3.8, 4) is 0 Å². The van der Waals surface area contributed by atoms with Gasteiger partial charge < -0.3 is 4.74 Å². The number of hydrogen-bond donors (Lipinski definition) is 0. The molecule has 1 aromatic rings. The Bertz CT molecular complexity index is 373. The molecule has 0 N–H and O–H groups in total. The van der Waals surface area contributed by atoms with Gasteiger partial charge in [-0.15, -0.1) is 0 Å². The van der Waals surface area contributed by atoms with Crippen LogP contribution in [0.15, 0.2) is 30.3 Å². The summed E-state index contributed by atoms with van der Waals surface area (Å²) in [5, 5.41) is 0. The molecule has 0 aliphatic carbocycles. The summed E-state index contributed by atoms with van der Waals surface area (Å²) >= 11 is 0. The molecule has 88 valence electrons. The molecule has 0 bridgehead atoms. The SMILES string of the molecule is CC(=O)OC(C)(c1ccccc1)C(F)(F)F. The van der Waals surface area contributed by atoms with E-state index in [0.29, 0.717) is 0 Å². The third kappa shape index (κ3) is 2.35. The Labute approximate surface area is 91.0 Å². The summed E-state index contributed by atoms with van der Waals surface area (Å²) in [6, 6.07) is 7.06. The van der Waals surface area contributed by atoms with Gasteiger partial charge >= 0.3 is 12.1 Å². The average Bonchev–Trinajstić information content (AvgIpc) is 2.16. The van der Waals surface area contributed by atoms with Gasteiger partial charge in [0.2, 0.25) is 5.60 Å². The molecule has 5 heteroatoms. The molecule has 0 aromatic heterocycles. The van der Waals surface area contributed by atoms with Crippen LogP contribution in [-0.2, 0) is 15.1 Å². The van der Waals surface area contributed by atoms with Gasteiger partial charge in [-0.3, -0.25) is 4.79 Å². The van der Waals surface area contributed by atoms with E-state index in [-0.39, 0.29) is 5.56 Å². The van der Waals surface area contributed by atoms with Gasteiger partial charge in [0.05, 0.1) is 0 Å². The molecular weight excluding hydrogens is 221 g/mol. The maximum atomic E-state index is 12.9. The summed E-state index contributed by atoms with van der Waals surface area (Å²) in [7, 11) is 0. The first kappa shape index (κ1) is 12.5. The molecule has 2 nitrogen and oxygen atoms in total. The second-order valence-corrected chi connectivity index (χ2v) is 3.49. The number of hydrogen-bond acceptors (Lipinski definition) is 2. The highest BCUT2D eigenvalue weighted by molar-refractivity contribution is 5.67. The summed E-state index contributed by atoms with van der Waals surface area (Å²) in [5.41, 5.74) is -2.70. The highest BCUT2D eigenvalue weighted by Gasteiger charge is 2.55. The molecule has 1 atom stereocenters. The van der Waals surface area contributed by atoms with E-state index in [9.17, 15) is 18.0 Å². The van der Waals surface area contributed by atoms with E-state index >= 15 is 0 Å². The summed E-state index contributed by atoms with van der Waals surface area (Å²) in [6.45, 7) is 1.79. The van der Waals surface area contributed by atoms with Crippen LogP contribution in [0, 0.1) is 0 Å². The normalized spacial score (nSPS) is 15.3. The fourth-order valence-corrected chi connectivity index (χ4v) is 1.32. The Morgan fingerprint density at radius 1 is 1.19 bits per heavy atom. The van der Waals surface area contributed by atoms with Gasteiger partial charge in [-0.05, 0) is 6.92 Å². The van der Waals surface area contributed by atoms with E-state index < -0.39 is 17.7 Å². The minimum absolute atomic E-state index is 0.0994. The monoisotopic (exact) mass is 232 g/mol. The zero-order chi connectivity index (χ0) is 12.4. The van der Waals surface area contributed by atoms with Crippen LogP contribution in [0.3, 0.4) is 0 Å². The minimum atomic E-state index is -4.65. The van der Waals surface area contributed by atoms with Crippen molar-refractivity contribution in [2.24, 2.45) is 0 Å². The number of esters is 1. The number of carbonyl (C=O) groups is 1. The van der Waals surface area contributed by atoms with Crippen molar-refractivity contribution >= 4 is 5.97 Å². The maximum Gasteiger partial charge on any atom is 0.432 e. The molecule has 1 aromatic carbocycles. The fourth-order valence-electron chi connectivity index (χ4n) is 1.32. The van der Waals surface area contributed by atoms with Gasteiger partial charge in [0.25, 0.3) is 0 Å². The van der Waals surface area contributed by atoms with Crippen molar-refractivity contribution in [1.82, 2.24) is 0 Å². The third-order valence-corrected chi connectivity index (χ3v) is 2.21. The van der Waals surface area contributed by atoms with Gasteiger partial charge in [-0.2, -0.15) is 13.2 Å². The van der Waals surface area contributed by atoms with E-state index in [0.717, 1.165) is 13.8 Å². The molecule has 0 spiro atoms. The Morgan fingerprint density at radius 2 is 1.69 bits per heavy atom. The van der Waals surface area contributed by atoms with Gasteiger partial charge in [0.15, 0.2) is 0 Å². The van der Waals surface area contributed by atoms with Crippen molar-refractivity contribution < 1.29 is 22.7 Å². The highest BCUT2D eigenvalue weighted by Crippen LogP contribution is 2.41. The second kappa shape index (κ2) is 4.15. The molecule has 0 heterocycles. The molecule has 1 unspecified atom stereocenters. The van der Waals surface area contributed by atoms with Gasteiger partial charge in [0, 0.05) is 12.5 Å². The van der Waals surface area contributed by atoms with Crippen LogP contribution in [0.2, 0.25) is 0 Å². The van der Waals surface area contributed by atoms with Gasteiger partial charge in [0.1, 0.15) is 0 Å². The van der Waals surface area contributed by atoms with Crippen molar-refractivity contribution in [3.05, 3.63) is 35.9 Å². The topological polar surface area (TPSA) is 26.3 Å². The largest absolute Gasteiger partial charge is 0.445 e. The molecule has 0 fully saturated rings. The van der Waals surface area contributed by atoms with Crippen LogP contribution in [0.1, 0.15) is 19.4 Å². The van der Waals surface area contributed by atoms with Crippen molar-refractivity contribution in [1.29, 1.82) is 0 Å². The van der Waals surface area contributed by atoms with Crippen LogP contribution in [-0.4, -0.2) is 12.1 Å².